The van der Waals surface area contributed by atoms with Crippen LogP contribution in [-0.4, -0.2) is 31.4 Å². The summed E-state index contributed by atoms with van der Waals surface area (Å²) in [6, 6.07) is 7.75. The summed E-state index contributed by atoms with van der Waals surface area (Å²) in [5, 5.41) is 2.12. The van der Waals surface area contributed by atoms with Crippen LogP contribution in [0.2, 0.25) is 0 Å². The van der Waals surface area contributed by atoms with Gasteiger partial charge in [-0.25, -0.2) is 18.0 Å². The van der Waals surface area contributed by atoms with Gasteiger partial charge in [-0.2, -0.15) is 0 Å². The number of anilines is 2. The fourth-order valence-electron chi connectivity index (χ4n) is 2.49. The van der Waals surface area contributed by atoms with Crippen LogP contribution in [0.4, 0.5) is 24.5 Å². The van der Waals surface area contributed by atoms with Crippen molar-refractivity contribution < 1.29 is 32.3 Å². The lowest BCUT2D eigenvalue weighted by Gasteiger charge is -2.23. The lowest BCUT2D eigenvalue weighted by atomic mass is 10.1. The molecule has 0 fully saturated rings. The maximum absolute atomic E-state index is 13.6. The Balaban J connectivity index is 2.15. The lowest BCUT2D eigenvalue weighted by Crippen LogP contribution is -2.33. The molecule has 0 aliphatic heterocycles. The van der Waals surface area contributed by atoms with Crippen molar-refractivity contribution in [1.29, 1.82) is 0 Å². The molecule has 0 saturated carbocycles. The second kappa shape index (κ2) is 9.03. The van der Waals surface area contributed by atoms with Crippen LogP contribution in [0.3, 0.4) is 0 Å². The fraction of sp³-hybridized carbons (Fsp3) is 0.211. The zero-order chi connectivity index (χ0) is 20.8. The molecule has 0 unspecified atom stereocenters. The van der Waals surface area contributed by atoms with Crippen LogP contribution in [0.25, 0.3) is 0 Å². The van der Waals surface area contributed by atoms with E-state index >= 15 is 0 Å². The number of hydrogen-bond acceptors (Lipinski definition) is 4. The minimum atomic E-state index is -1.70. The summed E-state index contributed by atoms with van der Waals surface area (Å²) in [6.45, 7) is 1.11. The molecule has 0 aliphatic carbocycles. The molecule has 2 aromatic carbocycles. The number of nitrogens with zero attached hydrogens (tertiary/aromatic N) is 1. The highest BCUT2D eigenvalue weighted by Gasteiger charge is 2.21. The molecule has 0 radical (unpaired) electrons. The largest absolute Gasteiger partial charge is 0.465 e. The van der Waals surface area contributed by atoms with Crippen LogP contribution in [-0.2, 0) is 14.3 Å². The molecule has 0 aliphatic rings. The van der Waals surface area contributed by atoms with Crippen molar-refractivity contribution in [2.45, 2.75) is 13.3 Å². The average Bonchev–Trinajstić information content (AvgIpc) is 2.68. The second-order valence-electron chi connectivity index (χ2n) is 5.70. The molecule has 6 nitrogen and oxygen atoms in total. The maximum Gasteiger partial charge on any atom is 0.339 e. The van der Waals surface area contributed by atoms with Crippen LogP contribution >= 0.6 is 0 Å². The van der Waals surface area contributed by atoms with Crippen LogP contribution in [0.1, 0.15) is 23.7 Å². The van der Waals surface area contributed by atoms with Gasteiger partial charge in [-0.3, -0.25) is 9.59 Å². The molecule has 2 amide bonds. The molecule has 2 aromatic rings. The normalized spacial score (nSPS) is 10.3. The summed E-state index contributed by atoms with van der Waals surface area (Å²) in [7, 11) is 1.20. The van der Waals surface area contributed by atoms with Crippen LogP contribution in [0.15, 0.2) is 36.4 Å². The zero-order valence-electron chi connectivity index (χ0n) is 15.1. The van der Waals surface area contributed by atoms with Crippen LogP contribution in [0.5, 0.6) is 0 Å². The third-order valence-corrected chi connectivity index (χ3v) is 3.85. The van der Waals surface area contributed by atoms with Gasteiger partial charge in [0.1, 0.15) is 0 Å². The summed E-state index contributed by atoms with van der Waals surface area (Å²) in [6.07, 6.45) is -0.284. The van der Waals surface area contributed by atoms with Gasteiger partial charge in [-0.1, -0.05) is 12.1 Å². The first-order chi connectivity index (χ1) is 13.3. The van der Waals surface area contributed by atoms with Crippen molar-refractivity contribution in [3.05, 3.63) is 59.4 Å². The van der Waals surface area contributed by atoms with E-state index in [-0.39, 0.29) is 24.2 Å². The Morgan fingerprint density at radius 1 is 1.04 bits per heavy atom. The molecule has 148 valence electrons. The Bertz CT molecular complexity index is 918. The third-order valence-electron chi connectivity index (χ3n) is 3.85. The van der Waals surface area contributed by atoms with E-state index in [0.717, 1.165) is 6.07 Å². The first-order valence-corrected chi connectivity index (χ1v) is 8.15. The standard InChI is InChI=1S/C19H17F3N2O4/c1-11(25)24(15-6-4-3-5-12(15)19(27)28-2)10-9-16(26)23-14-8-7-13(20)17(21)18(14)22/h3-8H,9-10H2,1-2H3,(H,23,26). The molecule has 2 rings (SSSR count). The van der Waals surface area contributed by atoms with Gasteiger partial charge in [0.25, 0.3) is 0 Å². The van der Waals surface area contributed by atoms with Crippen LogP contribution < -0.4 is 10.2 Å². The predicted molar refractivity (Wildman–Crippen MR) is 95.4 cm³/mol. The van der Waals surface area contributed by atoms with E-state index in [1.54, 1.807) is 12.1 Å². The number of esters is 1. The van der Waals surface area contributed by atoms with E-state index in [0.29, 0.717) is 6.07 Å². The molecular formula is C19H17F3N2O4. The van der Waals surface area contributed by atoms with Crippen molar-refractivity contribution in [1.82, 2.24) is 0 Å². The number of ether oxygens (including phenoxy) is 1. The molecule has 0 atom stereocenters. The monoisotopic (exact) mass is 394 g/mol. The number of para-hydroxylation sites is 1. The quantitative estimate of drug-likeness (QED) is 0.603. The van der Waals surface area contributed by atoms with Gasteiger partial charge in [-0.05, 0) is 24.3 Å². The van der Waals surface area contributed by atoms with Crippen molar-refractivity contribution in [3.63, 3.8) is 0 Å². The first kappa shape index (κ1) is 20.9. The fourth-order valence-corrected chi connectivity index (χ4v) is 2.49. The SMILES string of the molecule is COC(=O)c1ccccc1N(CCC(=O)Nc1ccc(F)c(F)c1F)C(C)=O. The van der Waals surface area contributed by atoms with Gasteiger partial charge in [-0.15, -0.1) is 0 Å². The molecule has 0 spiro atoms. The van der Waals surface area contributed by atoms with E-state index in [2.05, 4.69) is 10.1 Å². The van der Waals surface area contributed by atoms with E-state index in [1.807, 2.05) is 0 Å². The first-order valence-electron chi connectivity index (χ1n) is 8.15. The highest BCUT2D eigenvalue weighted by Crippen LogP contribution is 2.23. The summed E-state index contributed by atoms with van der Waals surface area (Å²) >= 11 is 0. The number of nitrogens with one attached hydrogen (secondary N) is 1. The third kappa shape index (κ3) is 4.67. The van der Waals surface area contributed by atoms with Gasteiger partial charge in [0.2, 0.25) is 11.8 Å². The topological polar surface area (TPSA) is 75.7 Å². The molecule has 9 heteroatoms. The van der Waals surface area contributed by atoms with E-state index in [4.69, 9.17) is 0 Å². The van der Waals surface area contributed by atoms with Gasteiger partial charge in [0, 0.05) is 19.9 Å². The smallest absolute Gasteiger partial charge is 0.339 e. The van der Waals surface area contributed by atoms with Gasteiger partial charge in [0.15, 0.2) is 17.5 Å². The van der Waals surface area contributed by atoms with Crippen molar-refractivity contribution in [2.24, 2.45) is 0 Å². The summed E-state index contributed by atoms with van der Waals surface area (Å²) < 4.78 is 44.5. The number of carbonyl (C=O) groups excluding carboxylic acids is 3. The Kier molecular flexibility index (Phi) is 6.75. The van der Waals surface area contributed by atoms with Gasteiger partial charge in [0.05, 0.1) is 24.0 Å². The number of halogens is 3. The molecule has 0 saturated heterocycles. The number of methoxy groups -OCH3 is 1. The second-order valence-corrected chi connectivity index (χ2v) is 5.70. The van der Waals surface area contributed by atoms with E-state index in [9.17, 15) is 27.6 Å². The summed E-state index contributed by atoms with van der Waals surface area (Å²) in [5.74, 6) is -6.43. The predicted octanol–water partition coefficient (Wildman–Crippen LogP) is 3.27. The maximum atomic E-state index is 13.6. The molecular weight excluding hydrogens is 377 g/mol. The van der Waals surface area contributed by atoms with Crippen molar-refractivity contribution in [3.8, 4) is 0 Å². The molecule has 0 aromatic heterocycles. The minimum Gasteiger partial charge on any atom is -0.465 e. The Hall–Kier alpha value is -3.36. The summed E-state index contributed by atoms with van der Waals surface area (Å²) in [5.41, 5.74) is -0.144. The Morgan fingerprint density at radius 2 is 1.71 bits per heavy atom. The molecule has 0 bridgehead atoms. The van der Waals surface area contributed by atoms with Crippen molar-refractivity contribution >= 4 is 29.2 Å². The number of carbonyl (C=O) groups is 3. The van der Waals surface area contributed by atoms with E-state index < -0.39 is 40.9 Å². The number of benzene rings is 2. The molecule has 28 heavy (non-hydrogen) atoms. The minimum absolute atomic E-state index is 0.132. The number of hydrogen-bond donors (Lipinski definition) is 1. The van der Waals surface area contributed by atoms with Gasteiger partial charge < -0.3 is 15.0 Å². The number of amides is 2. The highest BCUT2D eigenvalue weighted by molar-refractivity contribution is 6.02. The lowest BCUT2D eigenvalue weighted by molar-refractivity contribution is -0.117. The van der Waals surface area contributed by atoms with Crippen molar-refractivity contribution in [2.75, 3.05) is 23.9 Å². The molecule has 1 N–H and O–H groups in total. The highest BCUT2D eigenvalue weighted by atomic mass is 19.2. The Labute approximate surface area is 158 Å². The summed E-state index contributed by atoms with van der Waals surface area (Å²) in [4.78, 5) is 37.2. The number of rotatable bonds is 6. The van der Waals surface area contributed by atoms with Crippen LogP contribution in [0, 0.1) is 17.5 Å². The zero-order valence-corrected chi connectivity index (χ0v) is 15.1. The molecule has 0 heterocycles. The average molecular weight is 394 g/mol. The Morgan fingerprint density at radius 3 is 2.36 bits per heavy atom. The van der Waals surface area contributed by atoms with Gasteiger partial charge >= 0.3 is 5.97 Å². The van der Waals surface area contributed by atoms with E-state index in [1.165, 1.54) is 31.1 Å².